The molecule has 17 heavy (non-hydrogen) atoms. The number of benzene rings is 1. The van der Waals surface area contributed by atoms with Crippen molar-refractivity contribution in [2.24, 2.45) is 0 Å². The molecule has 2 nitrogen and oxygen atoms in total. The van der Waals surface area contributed by atoms with Gasteiger partial charge in [0.1, 0.15) is 0 Å². The lowest BCUT2D eigenvalue weighted by Gasteiger charge is -2.26. The third-order valence-corrected chi connectivity index (χ3v) is 2.40. The summed E-state index contributed by atoms with van der Waals surface area (Å²) in [5, 5.41) is 8.50. The highest BCUT2D eigenvalue weighted by Crippen LogP contribution is 2.45. The molecule has 94 valence electrons. The van der Waals surface area contributed by atoms with E-state index in [9.17, 15) is 22.4 Å². The Morgan fingerprint density at radius 3 is 2.00 bits per heavy atom. The summed E-state index contributed by atoms with van der Waals surface area (Å²) in [5.74, 6) is -1.88. The Balaban J connectivity index is 3.24. The molecule has 0 amide bonds. The minimum Gasteiger partial charge on any atom is -0.481 e. The highest BCUT2D eigenvalue weighted by atomic mass is 35.5. The highest BCUT2D eigenvalue weighted by Gasteiger charge is 2.58. The first-order valence-electron chi connectivity index (χ1n) is 4.40. The van der Waals surface area contributed by atoms with E-state index in [0.717, 1.165) is 24.3 Å². The lowest BCUT2D eigenvalue weighted by Crippen LogP contribution is -2.40. The van der Waals surface area contributed by atoms with Crippen LogP contribution in [0.1, 0.15) is 12.0 Å². The summed E-state index contributed by atoms with van der Waals surface area (Å²) in [4.78, 5) is 10.3. The molecule has 1 rings (SSSR count). The van der Waals surface area contributed by atoms with Crippen molar-refractivity contribution < 1.29 is 27.5 Å². The SMILES string of the molecule is O=C(O)CC(F)(c1ccc(Cl)cc1)C(F)(F)F. The van der Waals surface area contributed by atoms with E-state index >= 15 is 0 Å². The number of hydrogen-bond donors (Lipinski definition) is 1. The van der Waals surface area contributed by atoms with Crippen molar-refractivity contribution in [3.8, 4) is 0 Å². The summed E-state index contributed by atoms with van der Waals surface area (Å²) in [6, 6.07) is 3.77. The van der Waals surface area contributed by atoms with E-state index in [2.05, 4.69) is 0 Å². The Bertz CT molecular complexity index is 415. The minimum absolute atomic E-state index is 0.133. The van der Waals surface area contributed by atoms with Gasteiger partial charge in [-0.15, -0.1) is 0 Å². The van der Waals surface area contributed by atoms with Crippen LogP contribution >= 0.6 is 11.6 Å². The first kappa shape index (κ1) is 13.8. The molecule has 0 aliphatic carbocycles. The molecule has 1 aromatic rings. The van der Waals surface area contributed by atoms with Gasteiger partial charge in [0.05, 0.1) is 6.42 Å². The van der Waals surface area contributed by atoms with Gasteiger partial charge in [-0.25, -0.2) is 4.39 Å². The molecule has 0 saturated heterocycles. The van der Waals surface area contributed by atoms with E-state index in [1.807, 2.05) is 0 Å². The number of alkyl halides is 4. The van der Waals surface area contributed by atoms with Gasteiger partial charge in [0, 0.05) is 5.02 Å². The van der Waals surface area contributed by atoms with Crippen LogP contribution in [0.15, 0.2) is 24.3 Å². The van der Waals surface area contributed by atoms with Gasteiger partial charge in [-0.1, -0.05) is 23.7 Å². The van der Waals surface area contributed by atoms with Gasteiger partial charge >= 0.3 is 12.1 Å². The van der Waals surface area contributed by atoms with Gasteiger partial charge in [0.2, 0.25) is 5.67 Å². The van der Waals surface area contributed by atoms with E-state index in [1.165, 1.54) is 0 Å². The molecule has 1 N–H and O–H groups in total. The van der Waals surface area contributed by atoms with Gasteiger partial charge in [-0.05, 0) is 17.7 Å². The topological polar surface area (TPSA) is 37.3 Å². The normalized spacial score (nSPS) is 15.4. The van der Waals surface area contributed by atoms with E-state index in [1.54, 1.807) is 0 Å². The maximum atomic E-state index is 13.9. The van der Waals surface area contributed by atoms with Gasteiger partial charge in [-0.2, -0.15) is 13.2 Å². The van der Waals surface area contributed by atoms with Crippen LogP contribution in [0, 0.1) is 0 Å². The van der Waals surface area contributed by atoms with Crippen LogP contribution in [0.4, 0.5) is 17.6 Å². The molecule has 0 heterocycles. The smallest absolute Gasteiger partial charge is 0.427 e. The highest BCUT2D eigenvalue weighted by molar-refractivity contribution is 6.30. The fourth-order valence-electron chi connectivity index (χ4n) is 1.29. The fourth-order valence-corrected chi connectivity index (χ4v) is 1.41. The summed E-state index contributed by atoms with van der Waals surface area (Å²) < 4.78 is 51.6. The number of carboxylic acids is 1. The van der Waals surface area contributed by atoms with Gasteiger partial charge in [0.25, 0.3) is 0 Å². The fraction of sp³-hybridized carbons (Fsp3) is 0.300. The zero-order valence-corrected chi connectivity index (χ0v) is 9.02. The predicted octanol–water partition coefficient (Wildman–Crippen LogP) is 3.54. The van der Waals surface area contributed by atoms with Crippen LogP contribution in [0.2, 0.25) is 5.02 Å². The number of rotatable bonds is 3. The molecule has 0 fully saturated rings. The molecule has 1 unspecified atom stereocenters. The second kappa shape index (κ2) is 4.52. The zero-order valence-electron chi connectivity index (χ0n) is 8.26. The molecular formula is C10H7ClF4O2. The number of hydrogen-bond acceptors (Lipinski definition) is 1. The van der Waals surface area contributed by atoms with Gasteiger partial charge < -0.3 is 5.11 Å². The quantitative estimate of drug-likeness (QED) is 0.853. The van der Waals surface area contributed by atoms with Crippen molar-refractivity contribution in [3.05, 3.63) is 34.9 Å². The largest absolute Gasteiger partial charge is 0.481 e. The van der Waals surface area contributed by atoms with Crippen LogP contribution in [0.25, 0.3) is 0 Å². The number of halogens is 5. The number of carbonyl (C=O) groups is 1. The van der Waals surface area contributed by atoms with Gasteiger partial charge in [0.15, 0.2) is 0 Å². The number of carboxylic acid groups (broad SMARTS) is 1. The Morgan fingerprint density at radius 1 is 1.18 bits per heavy atom. The first-order valence-corrected chi connectivity index (χ1v) is 4.78. The lowest BCUT2D eigenvalue weighted by atomic mass is 9.91. The van der Waals surface area contributed by atoms with Crippen LogP contribution < -0.4 is 0 Å². The van der Waals surface area contributed by atoms with E-state index in [-0.39, 0.29) is 5.02 Å². The predicted molar refractivity (Wildman–Crippen MR) is 52.5 cm³/mol. The molecule has 1 aromatic carbocycles. The summed E-state index contributed by atoms with van der Waals surface area (Å²) in [7, 11) is 0. The van der Waals surface area contributed by atoms with Crippen LogP contribution in [-0.2, 0) is 10.5 Å². The van der Waals surface area contributed by atoms with Crippen LogP contribution in [0.5, 0.6) is 0 Å². The molecule has 0 saturated carbocycles. The standard InChI is InChI=1S/C10H7ClF4O2/c11-7-3-1-6(2-4-7)9(12,5-8(16)17)10(13,14)15/h1-4H,5H2,(H,16,17). The van der Waals surface area contributed by atoms with Crippen molar-refractivity contribution in [3.63, 3.8) is 0 Å². The van der Waals surface area contributed by atoms with Crippen molar-refractivity contribution in [1.82, 2.24) is 0 Å². The van der Waals surface area contributed by atoms with Crippen LogP contribution in [0.3, 0.4) is 0 Å². The maximum absolute atomic E-state index is 13.9. The molecule has 0 bridgehead atoms. The average molecular weight is 271 g/mol. The molecular weight excluding hydrogens is 264 g/mol. The Labute approximate surface area is 98.8 Å². The monoisotopic (exact) mass is 270 g/mol. The molecule has 0 aliphatic rings. The average Bonchev–Trinajstić information content (AvgIpc) is 2.15. The Kier molecular flexibility index (Phi) is 3.66. The summed E-state index contributed by atoms with van der Waals surface area (Å²) in [5.41, 5.74) is -4.69. The van der Waals surface area contributed by atoms with Crippen molar-refractivity contribution in [2.75, 3.05) is 0 Å². The van der Waals surface area contributed by atoms with Gasteiger partial charge in [-0.3, -0.25) is 4.79 Å². The third-order valence-electron chi connectivity index (χ3n) is 2.15. The lowest BCUT2D eigenvalue weighted by molar-refractivity contribution is -0.239. The van der Waals surface area contributed by atoms with E-state index in [4.69, 9.17) is 16.7 Å². The summed E-state index contributed by atoms with van der Waals surface area (Å²) in [6.45, 7) is 0. The summed E-state index contributed by atoms with van der Waals surface area (Å²) in [6.07, 6.45) is -6.99. The van der Waals surface area contributed by atoms with Crippen molar-refractivity contribution >= 4 is 17.6 Å². The minimum atomic E-state index is -5.31. The first-order chi connectivity index (χ1) is 7.67. The molecule has 0 aliphatic heterocycles. The molecule has 0 radical (unpaired) electrons. The van der Waals surface area contributed by atoms with Crippen LogP contribution in [-0.4, -0.2) is 17.3 Å². The molecule has 1 atom stereocenters. The summed E-state index contributed by atoms with van der Waals surface area (Å²) >= 11 is 5.46. The van der Waals surface area contributed by atoms with E-state index in [0.29, 0.717) is 0 Å². The Hall–Kier alpha value is -1.30. The molecule has 0 spiro atoms. The second-order valence-corrected chi connectivity index (χ2v) is 3.81. The molecule has 7 heteroatoms. The third kappa shape index (κ3) is 2.88. The second-order valence-electron chi connectivity index (χ2n) is 3.38. The number of aliphatic carboxylic acids is 1. The Morgan fingerprint density at radius 2 is 1.65 bits per heavy atom. The zero-order chi connectivity index (χ0) is 13.3. The van der Waals surface area contributed by atoms with Crippen molar-refractivity contribution in [1.29, 1.82) is 0 Å². The maximum Gasteiger partial charge on any atom is 0.427 e. The molecule has 0 aromatic heterocycles. The van der Waals surface area contributed by atoms with Crippen molar-refractivity contribution in [2.45, 2.75) is 18.3 Å². The van der Waals surface area contributed by atoms with E-state index < -0.39 is 29.8 Å².